The highest BCUT2D eigenvalue weighted by molar-refractivity contribution is 5.31. The Morgan fingerprint density at radius 1 is 1.00 bits per heavy atom. The minimum Gasteiger partial charge on any atom is -0.497 e. The standard InChI is InChI=1S/C17H21NO3/c1-21-15-9-7-14(8-10-15)17(20)16(18-11-12-19)13-5-3-2-4-6-13/h2-10,16-20H,11-12H2,1H3/t16-,17-/m0/s1. The Balaban J connectivity index is 2.22. The Labute approximate surface area is 125 Å². The second kappa shape index (κ2) is 7.78. The molecule has 112 valence electrons. The first kappa shape index (κ1) is 15.5. The molecule has 2 aromatic carbocycles. The maximum Gasteiger partial charge on any atom is 0.118 e. The summed E-state index contributed by atoms with van der Waals surface area (Å²) in [6.45, 7) is 0.450. The molecule has 0 aliphatic heterocycles. The summed E-state index contributed by atoms with van der Waals surface area (Å²) in [6, 6.07) is 16.8. The summed E-state index contributed by atoms with van der Waals surface area (Å²) in [5.74, 6) is 0.755. The molecule has 0 saturated carbocycles. The molecule has 2 rings (SSSR count). The molecule has 3 N–H and O–H groups in total. The number of rotatable bonds is 7. The van der Waals surface area contributed by atoms with Crippen LogP contribution in [0.5, 0.6) is 5.75 Å². The van der Waals surface area contributed by atoms with Gasteiger partial charge in [0.15, 0.2) is 0 Å². The number of aliphatic hydroxyl groups is 2. The van der Waals surface area contributed by atoms with Crippen molar-refractivity contribution >= 4 is 0 Å². The normalized spacial score (nSPS) is 13.7. The molecule has 0 fully saturated rings. The quantitative estimate of drug-likeness (QED) is 0.729. The van der Waals surface area contributed by atoms with E-state index in [0.717, 1.165) is 16.9 Å². The van der Waals surface area contributed by atoms with Gasteiger partial charge in [0.1, 0.15) is 5.75 Å². The molecule has 4 nitrogen and oxygen atoms in total. The number of ether oxygens (including phenoxy) is 1. The lowest BCUT2D eigenvalue weighted by Gasteiger charge is -2.25. The van der Waals surface area contributed by atoms with Gasteiger partial charge in [-0.2, -0.15) is 0 Å². The van der Waals surface area contributed by atoms with Crippen LogP contribution in [0.4, 0.5) is 0 Å². The van der Waals surface area contributed by atoms with Gasteiger partial charge in [0.25, 0.3) is 0 Å². The van der Waals surface area contributed by atoms with E-state index in [2.05, 4.69) is 5.32 Å². The molecule has 0 unspecified atom stereocenters. The van der Waals surface area contributed by atoms with Crippen molar-refractivity contribution in [2.45, 2.75) is 12.1 Å². The van der Waals surface area contributed by atoms with Crippen molar-refractivity contribution in [1.29, 1.82) is 0 Å². The van der Waals surface area contributed by atoms with Gasteiger partial charge in [0.05, 0.1) is 25.9 Å². The lowest BCUT2D eigenvalue weighted by atomic mass is 9.95. The first-order valence-corrected chi connectivity index (χ1v) is 6.97. The first-order chi connectivity index (χ1) is 10.3. The van der Waals surface area contributed by atoms with Gasteiger partial charge in [0, 0.05) is 6.54 Å². The Hall–Kier alpha value is -1.88. The van der Waals surface area contributed by atoms with Crippen molar-refractivity contribution in [3.05, 3.63) is 65.7 Å². The van der Waals surface area contributed by atoms with Crippen molar-refractivity contribution < 1.29 is 14.9 Å². The third kappa shape index (κ3) is 4.04. The summed E-state index contributed by atoms with van der Waals surface area (Å²) in [5, 5.41) is 22.8. The molecular weight excluding hydrogens is 266 g/mol. The van der Waals surface area contributed by atoms with E-state index in [-0.39, 0.29) is 12.6 Å². The van der Waals surface area contributed by atoms with E-state index in [1.165, 1.54) is 0 Å². The molecule has 4 heteroatoms. The number of aliphatic hydroxyl groups excluding tert-OH is 2. The smallest absolute Gasteiger partial charge is 0.118 e. The molecule has 0 amide bonds. The second-order valence-electron chi connectivity index (χ2n) is 4.78. The van der Waals surface area contributed by atoms with Gasteiger partial charge in [-0.25, -0.2) is 0 Å². The predicted molar refractivity (Wildman–Crippen MR) is 82.2 cm³/mol. The van der Waals surface area contributed by atoms with Gasteiger partial charge >= 0.3 is 0 Å². The molecule has 0 aliphatic carbocycles. The Morgan fingerprint density at radius 3 is 2.24 bits per heavy atom. The fraction of sp³-hybridized carbons (Fsp3) is 0.294. The van der Waals surface area contributed by atoms with Crippen molar-refractivity contribution in [2.24, 2.45) is 0 Å². The molecule has 0 aliphatic rings. The van der Waals surface area contributed by atoms with Gasteiger partial charge in [-0.05, 0) is 23.3 Å². The monoisotopic (exact) mass is 287 g/mol. The summed E-state index contributed by atoms with van der Waals surface area (Å²) in [4.78, 5) is 0. The summed E-state index contributed by atoms with van der Waals surface area (Å²) in [5.41, 5.74) is 1.78. The van der Waals surface area contributed by atoms with Crippen LogP contribution in [0.2, 0.25) is 0 Å². The zero-order valence-electron chi connectivity index (χ0n) is 12.1. The van der Waals surface area contributed by atoms with Crippen molar-refractivity contribution in [1.82, 2.24) is 5.32 Å². The number of benzene rings is 2. The van der Waals surface area contributed by atoms with Crippen LogP contribution in [0, 0.1) is 0 Å². The van der Waals surface area contributed by atoms with E-state index >= 15 is 0 Å². The van der Waals surface area contributed by atoms with Crippen LogP contribution < -0.4 is 10.1 Å². The highest BCUT2D eigenvalue weighted by Gasteiger charge is 2.22. The first-order valence-electron chi connectivity index (χ1n) is 6.97. The highest BCUT2D eigenvalue weighted by atomic mass is 16.5. The zero-order chi connectivity index (χ0) is 15.1. The van der Waals surface area contributed by atoms with E-state index < -0.39 is 6.10 Å². The Bertz CT molecular complexity index is 527. The number of nitrogens with one attached hydrogen (secondary N) is 1. The summed E-state index contributed by atoms with van der Waals surface area (Å²) in [6.07, 6.45) is -0.704. The third-order valence-electron chi connectivity index (χ3n) is 3.41. The Kier molecular flexibility index (Phi) is 5.75. The average molecular weight is 287 g/mol. The topological polar surface area (TPSA) is 61.7 Å². The molecule has 0 spiro atoms. The van der Waals surface area contributed by atoms with Crippen molar-refractivity contribution in [3.8, 4) is 5.75 Å². The lowest BCUT2D eigenvalue weighted by molar-refractivity contribution is 0.124. The maximum atomic E-state index is 10.6. The molecule has 2 aromatic rings. The predicted octanol–water partition coefficient (Wildman–Crippen LogP) is 2.05. The van der Waals surface area contributed by atoms with Crippen molar-refractivity contribution in [2.75, 3.05) is 20.3 Å². The van der Waals surface area contributed by atoms with Crippen LogP contribution in [0.1, 0.15) is 23.3 Å². The van der Waals surface area contributed by atoms with Crippen LogP contribution in [0.3, 0.4) is 0 Å². The van der Waals surface area contributed by atoms with Crippen LogP contribution >= 0.6 is 0 Å². The van der Waals surface area contributed by atoms with Gasteiger partial charge < -0.3 is 20.3 Å². The highest BCUT2D eigenvalue weighted by Crippen LogP contribution is 2.29. The minimum atomic E-state index is -0.704. The van der Waals surface area contributed by atoms with Gasteiger partial charge in [-0.3, -0.25) is 0 Å². The fourth-order valence-corrected chi connectivity index (χ4v) is 2.29. The molecule has 0 aromatic heterocycles. The minimum absolute atomic E-state index is 0.0265. The van der Waals surface area contributed by atoms with Gasteiger partial charge in [-0.1, -0.05) is 42.5 Å². The van der Waals surface area contributed by atoms with E-state index in [0.29, 0.717) is 6.54 Å². The van der Waals surface area contributed by atoms with E-state index in [1.54, 1.807) is 7.11 Å². The lowest BCUT2D eigenvalue weighted by Crippen LogP contribution is -2.29. The molecule has 2 atom stereocenters. The Morgan fingerprint density at radius 2 is 1.67 bits per heavy atom. The fourth-order valence-electron chi connectivity index (χ4n) is 2.29. The molecule has 21 heavy (non-hydrogen) atoms. The zero-order valence-corrected chi connectivity index (χ0v) is 12.1. The average Bonchev–Trinajstić information content (AvgIpc) is 2.56. The maximum absolute atomic E-state index is 10.6. The number of hydrogen-bond donors (Lipinski definition) is 3. The summed E-state index contributed by atoms with van der Waals surface area (Å²) < 4.78 is 5.13. The van der Waals surface area contributed by atoms with Gasteiger partial charge in [0.2, 0.25) is 0 Å². The van der Waals surface area contributed by atoms with Crippen LogP contribution in [-0.2, 0) is 0 Å². The largest absolute Gasteiger partial charge is 0.497 e. The van der Waals surface area contributed by atoms with Crippen LogP contribution in [-0.4, -0.2) is 30.5 Å². The number of hydrogen-bond acceptors (Lipinski definition) is 4. The van der Waals surface area contributed by atoms with Crippen LogP contribution in [0.15, 0.2) is 54.6 Å². The number of methoxy groups -OCH3 is 1. The van der Waals surface area contributed by atoms with E-state index in [9.17, 15) is 5.11 Å². The molecule has 0 bridgehead atoms. The van der Waals surface area contributed by atoms with Gasteiger partial charge in [-0.15, -0.1) is 0 Å². The van der Waals surface area contributed by atoms with E-state index in [4.69, 9.17) is 9.84 Å². The molecule has 0 saturated heterocycles. The van der Waals surface area contributed by atoms with Crippen LogP contribution in [0.25, 0.3) is 0 Å². The van der Waals surface area contributed by atoms with E-state index in [1.807, 2.05) is 54.6 Å². The molecule has 0 radical (unpaired) electrons. The van der Waals surface area contributed by atoms with Crippen molar-refractivity contribution in [3.63, 3.8) is 0 Å². The summed E-state index contributed by atoms with van der Waals surface area (Å²) in [7, 11) is 1.61. The second-order valence-corrected chi connectivity index (χ2v) is 4.78. The third-order valence-corrected chi connectivity index (χ3v) is 3.41. The molecule has 0 heterocycles. The molecular formula is C17H21NO3. The SMILES string of the molecule is COc1ccc([C@H](O)[C@@H](NCCO)c2ccccc2)cc1. The summed E-state index contributed by atoms with van der Waals surface area (Å²) >= 11 is 0.